The highest BCUT2D eigenvalue weighted by molar-refractivity contribution is 6.52. The molecule has 1 aromatic carbocycles. The lowest BCUT2D eigenvalue weighted by Crippen LogP contribution is -2.45. The molecular formula is C14H16Cl2N2O4. The zero-order valence-corrected chi connectivity index (χ0v) is 13.4. The van der Waals surface area contributed by atoms with Crippen molar-refractivity contribution in [2.24, 2.45) is 5.92 Å². The Morgan fingerprint density at radius 3 is 2.36 bits per heavy atom. The van der Waals surface area contributed by atoms with Crippen LogP contribution in [0.1, 0.15) is 13.3 Å². The molecular weight excluding hydrogens is 331 g/mol. The maximum Gasteiger partial charge on any atom is 0.276 e. The topological polar surface area (TPSA) is 76.7 Å². The van der Waals surface area contributed by atoms with Crippen molar-refractivity contribution >= 4 is 35.0 Å². The number of halogens is 2. The average Bonchev–Trinajstić information content (AvgIpc) is 3.13. The highest BCUT2D eigenvalue weighted by Crippen LogP contribution is 2.53. The molecule has 2 amide bonds. The van der Waals surface area contributed by atoms with Gasteiger partial charge in [0.15, 0.2) is 18.1 Å². The van der Waals surface area contributed by atoms with E-state index in [4.69, 9.17) is 32.7 Å². The van der Waals surface area contributed by atoms with E-state index in [1.54, 1.807) is 24.3 Å². The summed E-state index contributed by atoms with van der Waals surface area (Å²) in [7, 11) is 0. The summed E-state index contributed by atoms with van der Waals surface area (Å²) < 4.78 is 9.71. The molecule has 0 bridgehead atoms. The highest BCUT2D eigenvalue weighted by atomic mass is 35.5. The van der Waals surface area contributed by atoms with E-state index in [1.165, 1.54) is 0 Å². The number of carbonyl (C=O) groups is 2. The molecule has 1 fully saturated rings. The van der Waals surface area contributed by atoms with Crippen molar-refractivity contribution in [3.63, 3.8) is 0 Å². The van der Waals surface area contributed by atoms with Crippen LogP contribution in [-0.2, 0) is 9.59 Å². The third-order valence-electron chi connectivity index (χ3n) is 2.98. The normalized spacial score (nSPS) is 18.2. The third kappa shape index (κ3) is 4.42. The van der Waals surface area contributed by atoms with Gasteiger partial charge in [-0.1, -0.05) is 12.1 Å². The minimum atomic E-state index is -1.03. The van der Waals surface area contributed by atoms with Crippen molar-refractivity contribution in [3.05, 3.63) is 24.3 Å². The van der Waals surface area contributed by atoms with Gasteiger partial charge in [0.2, 0.25) is 5.91 Å². The number of amides is 2. The Labute approximate surface area is 138 Å². The van der Waals surface area contributed by atoms with Crippen molar-refractivity contribution in [1.82, 2.24) is 10.9 Å². The molecule has 120 valence electrons. The maximum absolute atomic E-state index is 11.6. The minimum Gasteiger partial charge on any atom is -0.490 e. The summed E-state index contributed by atoms with van der Waals surface area (Å²) in [5.41, 5.74) is 4.50. The summed E-state index contributed by atoms with van der Waals surface area (Å²) >= 11 is 11.5. The predicted molar refractivity (Wildman–Crippen MR) is 81.9 cm³/mol. The number of hydrogen-bond donors (Lipinski definition) is 2. The van der Waals surface area contributed by atoms with E-state index in [-0.39, 0.29) is 6.61 Å². The van der Waals surface area contributed by atoms with E-state index in [2.05, 4.69) is 10.9 Å². The molecule has 22 heavy (non-hydrogen) atoms. The first-order valence-electron chi connectivity index (χ1n) is 6.75. The lowest BCUT2D eigenvalue weighted by Gasteiger charge is -2.12. The second-order valence-corrected chi connectivity index (χ2v) is 6.27. The average molecular weight is 347 g/mol. The quantitative estimate of drug-likeness (QED) is 0.608. The van der Waals surface area contributed by atoms with Crippen LogP contribution >= 0.6 is 23.2 Å². The van der Waals surface area contributed by atoms with Gasteiger partial charge in [-0.15, -0.1) is 23.2 Å². The molecule has 1 aromatic rings. The van der Waals surface area contributed by atoms with Crippen molar-refractivity contribution < 1.29 is 19.1 Å². The smallest absolute Gasteiger partial charge is 0.276 e. The molecule has 1 unspecified atom stereocenters. The summed E-state index contributed by atoms with van der Waals surface area (Å²) in [6, 6.07) is 7.01. The summed E-state index contributed by atoms with van der Waals surface area (Å²) in [6.07, 6.45) is 0.371. The van der Waals surface area contributed by atoms with Crippen LogP contribution in [-0.4, -0.2) is 29.4 Å². The summed E-state index contributed by atoms with van der Waals surface area (Å²) in [5.74, 6) is -0.429. The standard InChI is InChI=1S/C14H16Cl2N2O4/c1-2-21-10-5-3-4-6-11(10)22-8-12(19)17-18-13(20)9-7-14(9,15)16/h3-6,9H,2,7-8H2,1H3,(H,17,19)(H,18,20). The number of ether oxygens (including phenoxy) is 2. The van der Waals surface area contributed by atoms with Crippen LogP contribution in [0.25, 0.3) is 0 Å². The number of hydrogen-bond acceptors (Lipinski definition) is 4. The van der Waals surface area contributed by atoms with E-state index in [9.17, 15) is 9.59 Å². The zero-order chi connectivity index (χ0) is 16.2. The van der Waals surface area contributed by atoms with E-state index in [0.717, 1.165) is 0 Å². The molecule has 2 rings (SSSR count). The lowest BCUT2D eigenvalue weighted by atomic mass is 10.3. The van der Waals surface area contributed by atoms with Gasteiger partial charge in [0.1, 0.15) is 4.33 Å². The first-order chi connectivity index (χ1) is 10.4. The Morgan fingerprint density at radius 2 is 1.82 bits per heavy atom. The lowest BCUT2D eigenvalue weighted by molar-refractivity contribution is -0.130. The second kappa shape index (κ2) is 7.07. The summed E-state index contributed by atoms with van der Waals surface area (Å²) in [5, 5.41) is 0. The number of alkyl halides is 2. The van der Waals surface area contributed by atoms with Gasteiger partial charge < -0.3 is 9.47 Å². The van der Waals surface area contributed by atoms with Gasteiger partial charge >= 0.3 is 0 Å². The van der Waals surface area contributed by atoms with Gasteiger partial charge in [-0.2, -0.15) is 0 Å². The van der Waals surface area contributed by atoms with Crippen LogP contribution in [0.2, 0.25) is 0 Å². The first kappa shape index (κ1) is 16.7. The zero-order valence-electron chi connectivity index (χ0n) is 11.9. The molecule has 0 aliphatic heterocycles. The Morgan fingerprint density at radius 1 is 1.23 bits per heavy atom. The van der Waals surface area contributed by atoms with Crippen LogP contribution < -0.4 is 20.3 Å². The highest BCUT2D eigenvalue weighted by Gasteiger charge is 2.56. The van der Waals surface area contributed by atoms with Crippen molar-refractivity contribution in [1.29, 1.82) is 0 Å². The molecule has 1 aliphatic rings. The molecule has 0 saturated heterocycles. The molecule has 0 spiro atoms. The molecule has 2 N–H and O–H groups in total. The third-order valence-corrected chi connectivity index (χ3v) is 3.81. The van der Waals surface area contributed by atoms with E-state index in [1.807, 2.05) is 6.92 Å². The summed E-state index contributed by atoms with van der Waals surface area (Å²) in [4.78, 5) is 23.2. The monoisotopic (exact) mass is 346 g/mol. The Hall–Kier alpha value is -1.66. The molecule has 1 atom stereocenters. The molecule has 6 nitrogen and oxygen atoms in total. The fourth-order valence-electron chi connectivity index (χ4n) is 1.74. The van der Waals surface area contributed by atoms with Gasteiger partial charge in [0, 0.05) is 0 Å². The maximum atomic E-state index is 11.6. The predicted octanol–water partition coefficient (Wildman–Crippen LogP) is 1.81. The number of benzene rings is 1. The number of hydrazine groups is 1. The van der Waals surface area contributed by atoms with Crippen LogP contribution in [0.5, 0.6) is 11.5 Å². The van der Waals surface area contributed by atoms with E-state index in [0.29, 0.717) is 24.5 Å². The van der Waals surface area contributed by atoms with Crippen molar-refractivity contribution in [2.75, 3.05) is 13.2 Å². The van der Waals surface area contributed by atoms with Crippen LogP contribution in [0.4, 0.5) is 0 Å². The Bertz CT molecular complexity index is 566. The number of rotatable bonds is 6. The van der Waals surface area contributed by atoms with Crippen molar-refractivity contribution in [3.8, 4) is 11.5 Å². The second-order valence-electron chi connectivity index (χ2n) is 4.72. The number of para-hydroxylation sites is 2. The molecule has 1 aliphatic carbocycles. The van der Waals surface area contributed by atoms with E-state index >= 15 is 0 Å². The largest absolute Gasteiger partial charge is 0.490 e. The molecule has 0 aromatic heterocycles. The van der Waals surface area contributed by atoms with Crippen LogP contribution in [0, 0.1) is 5.92 Å². The van der Waals surface area contributed by atoms with Gasteiger partial charge in [0.05, 0.1) is 12.5 Å². The summed E-state index contributed by atoms with van der Waals surface area (Å²) in [6.45, 7) is 2.08. The number of carbonyl (C=O) groups excluding carboxylic acids is 2. The molecule has 8 heteroatoms. The molecule has 0 heterocycles. The Kier molecular flexibility index (Phi) is 5.37. The van der Waals surface area contributed by atoms with Gasteiger partial charge in [-0.3, -0.25) is 20.4 Å². The number of nitrogens with one attached hydrogen (secondary N) is 2. The SMILES string of the molecule is CCOc1ccccc1OCC(=O)NNC(=O)C1CC1(Cl)Cl. The Balaban J connectivity index is 1.75. The van der Waals surface area contributed by atoms with Crippen LogP contribution in [0.3, 0.4) is 0 Å². The van der Waals surface area contributed by atoms with Gasteiger partial charge in [-0.25, -0.2) is 0 Å². The molecule has 1 saturated carbocycles. The minimum absolute atomic E-state index is 0.262. The fourth-order valence-corrected chi connectivity index (χ4v) is 2.25. The van der Waals surface area contributed by atoms with Crippen LogP contribution in [0.15, 0.2) is 24.3 Å². The van der Waals surface area contributed by atoms with Gasteiger partial charge in [-0.05, 0) is 25.5 Å². The van der Waals surface area contributed by atoms with Crippen molar-refractivity contribution in [2.45, 2.75) is 17.7 Å². The van der Waals surface area contributed by atoms with Gasteiger partial charge in [0.25, 0.3) is 5.91 Å². The first-order valence-corrected chi connectivity index (χ1v) is 7.50. The van der Waals surface area contributed by atoms with E-state index < -0.39 is 22.1 Å². The fraction of sp³-hybridized carbons (Fsp3) is 0.429. The molecule has 0 radical (unpaired) electrons.